The summed E-state index contributed by atoms with van der Waals surface area (Å²) in [5, 5.41) is 10.1. The van der Waals surface area contributed by atoms with E-state index in [2.05, 4.69) is 23.4 Å². The molecule has 0 amide bonds. The molecule has 0 radical (unpaired) electrons. The van der Waals surface area contributed by atoms with Crippen molar-refractivity contribution in [3.05, 3.63) is 54.1 Å². The van der Waals surface area contributed by atoms with Gasteiger partial charge < -0.3 is 9.90 Å². The number of nitrogens with zero attached hydrogens (tertiary/aromatic N) is 1. The summed E-state index contributed by atoms with van der Waals surface area (Å²) in [6.07, 6.45) is 3.98. The van der Waals surface area contributed by atoms with Gasteiger partial charge in [0.15, 0.2) is 0 Å². The van der Waals surface area contributed by atoms with E-state index in [4.69, 9.17) is 0 Å². The van der Waals surface area contributed by atoms with E-state index in [1.165, 1.54) is 18.0 Å². The molecule has 0 aliphatic rings. The van der Waals surface area contributed by atoms with Crippen LogP contribution in [0.25, 0.3) is 0 Å². The van der Waals surface area contributed by atoms with Crippen molar-refractivity contribution in [3.63, 3.8) is 0 Å². The van der Waals surface area contributed by atoms with Gasteiger partial charge in [-0.1, -0.05) is 30.3 Å². The molecular weight excluding hydrogens is 216 g/mol. The van der Waals surface area contributed by atoms with Crippen molar-refractivity contribution in [1.82, 2.24) is 4.98 Å². The molecule has 0 saturated heterocycles. The largest absolute Gasteiger partial charge is 0.545 e. The summed E-state index contributed by atoms with van der Waals surface area (Å²) < 4.78 is 2.15. The van der Waals surface area contributed by atoms with E-state index < -0.39 is 5.97 Å². The Balaban J connectivity index is 0.000000171. The van der Waals surface area contributed by atoms with Gasteiger partial charge in [0.25, 0.3) is 5.82 Å². The van der Waals surface area contributed by atoms with Crippen LogP contribution in [0.4, 0.5) is 0 Å². The molecule has 4 nitrogen and oxygen atoms in total. The molecule has 0 aliphatic heterocycles. The van der Waals surface area contributed by atoms with Crippen molar-refractivity contribution in [2.45, 2.75) is 20.4 Å². The molecule has 0 atom stereocenters. The van der Waals surface area contributed by atoms with E-state index in [1.54, 1.807) is 18.2 Å². The van der Waals surface area contributed by atoms with Gasteiger partial charge in [-0.3, -0.25) is 0 Å². The van der Waals surface area contributed by atoms with Crippen molar-refractivity contribution in [2.24, 2.45) is 0 Å². The average Bonchev–Trinajstić information content (AvgIpc) is 2.76. The number of carboxylic acids is 1. The second-order valence-corrected chi connectivity index (χ2v) is 3.48. The number of aromatic nitrogens is 2. The molecule has 4 heteroatoms. The van der Waals surface area contributed by atoms with Gasteiger partial charge in [-0.25, -0.2) is 9.55 Å². The summed E-state index contributed by atoms with van der Waals surface area (Å²) in [6, 6.07) is 8.06. The van der Waals surface area contributed by atoms with Crippen LogP contribution in [0.15, 0.2) is 42.7 Å². The fourth-order valence-corrected chi connectivity index (χ4v) is 1.36. The fraction of sp³-hybridized carbons (Fsp3) is 0.231. The van der Waals surface area contributed by atoms with E-state index in [-0.39, 0.29) is 5.56 Å². The number of hydrogen-bond donors (Lipinski definition) is 1. The first-order valence-corrected chi connectivity index (χ1v) is 5.45. The van der Waals surface area contributed by atoms with Crippen LogP contribution in [0, 0.1) is 6.92 Å². The number of carboxylic acid groups (broad SMARTS) is 1. The second kappa shape index (κ2) is 6.48. The summed E-state index contributed by atoms with van der Waals surface area (Å²) in [4.78, 5) is 13.2. The van der Waals surface area contributed by atoms with E-state index >= 15 is 0 Å². The van der Waals surface area contributed by atoms with Crippen LogP contribution in [0.3, 0.4) is 0 Å². The molecule has 2 aromatic rings. The zero-order valence-corrected chi connectivity index (χ0v) is 10.0. The fourth-order valence-electron chi connectivity index (χ4n) is 1.36. The number of rotatable bonds is 2. The highest BCUT2D eigenvalue weighted by Crippen LogP contribution is 1.94. The van der Waals surface area contributed by atoms with Gasteiger partial charge in [-0.05, 0) is 12.5 Å². The van der Waals surface area contributed by atoms with E-state index in [9.17, 15) is 9.90 Å². The third-order valence-electron chi connectivity index (χ3n) is 2.33. The molecular formula is C13H16N2O2. The number of imidazole rings is 1. The predicted molar refractivity (Wildman–Crippen MR) is 62.2 cm³/mol. The SMILES string of the molecule is CC[n+]1cc[nH]c1C.O=C([O-])c1ccccc1. The van der Waals surface area contributed by atoms with Gasteiger partial charge in [0.05, 0.1) is 12.5 Å². The lowest BCUT2D eigenvalue weighted by atomic mass is 10.2. The molecule has 0 spiro atoms. The van der Waals surface area contributed by atoms with Gasteiger partial charge in [0, 0.05) is 6.92 Å². The summed E-state index contributed by atoms with van der Waals surface area (Å²) in [6.45, 7) is 5.24. The Morgan fingerprint density at radius 3 is 2.29 bits per heavy atom. The summed E-state index contributed by atoms with van der Waals surface area (Å²) in [5.74, 6) is 0.0862. The lowest BCUT2D eigenvalue weighted by Gasteiger charge is -1.97. The Morgan fingerprint density at radius 2 is 2.00 bits per heavy atom. The van der Waals surface area contributed by atoms with E-state index in [0.717, 1.165) is 6.54 Å². The molecule has 90 valence electrons. The third-order valence-corrected chi connectivity index (χ3v) is 2.33. The minimum atomic E-state index is -1.13. The number of nitrogens with one attached hydrogen (secondary N) is 1. The quantitative estimate of drug-likeness (QED) is 0.774. The summed E-state index contributed by atoms with van der Waals surface area (Å²) in [5.41, 5.74) is 0.220. The first-order valence-electron chi connectivity index (χ1n) is 5.45. The van der Waals surface area contributed by atoms with Gasteiger partial charge in [-0.15, -0.1) is 0 Å². The van der Waals surface area contributed by atoms with Gasteiger partial charge >= 0.3 is 0 Å². The first kappa shape index (κ1) is 13.0. The Labute approximate surface area is 101 Å². The normalized spacial score (nSPS) is 9.29. The van der Waals surface area contributed by atoms with Crippen molar-refractivity contribution in [3.8, 4) is 0 Å². The second-order valence-electron chi connectivity index (χ2n) is 3.48. The molecule has 1 N–H and O–H groups in total. The molecule has 0 bridgehead atoms. The Kier molecular flexibility index (Phi) is 4.94. The smallest absolute Gasteiger partial charge is 0.250 e. The molecule has 1 aromatic heterocycles. The van der Waals surface area contributed by atoms with Crippen LogP contribution in [0.1, 0.15) is 23.1 Å². The van der Waals surface area contributed by atoms with Crippen LogP contribution < -0.4 is 9.67 Å². The third kappa shape index (κ3) is 4.10. The summed E-state index contributed by atoms with van der Waals surface area (Å²) >= 11 is 0. The summed E-state index contributed by atoms with van der Waals surface area (Å²) in [7, 11) is 0. The number of carbonyl (C=O) groups is 1. The molecule has 0 aliphatic carbocycles. The highest BCUT2D eigenvalue weighted by atomic mass is 16.4. The predicted octanol–water partition coefficient (Wildman–Crippen LogP) is 0.681. The van der Waals surface area contributed by atoms with E-state index in [0.29, 0.717) is 0 Å². The van der Waals surface area contributed by atoms with Crippen LogP contribution in [0.5, 0.6) is 0 Å². The minimum absolute atomic E-state index is 0.220. The van der Waals surface area contributed by atoms with Gasteiger partial charge in [-0.2, -0.15) is 0 Å². The maximum Gasteiger partial charge on any atom is 0.250 e. The lowest BCUT2D eigenvalue weighted by molar-refractivity contribution is -0.698. The maximum absolute atomic E-state index is 10.1. The van der Waals surface area contributed by atoms with Gasteiger partial charge in [0.2, 0.25) is 0 Å². The maximum atomic E-state index is 10.1. The molecule has 17 heavy (non-hydrogen) atoms. The zero-order chi connectivity index (χ0) is 12.7. The molecule has 1 aromatic carbocycles. The van der Waals surface area contributed by atoms with E-state index in [1.807, 2.05) is 12.4 Å². The molecule has 1 heterocycles. The van der Waals surface area contributed by atoms with Crippen molar-refractivity contribution in [2.75, 3.05) is 0 Å². The van der Waals surface area contributed by atoms with Crippen LogP contribution in [0.2, 0.25) is 0 Å². The topological polar surface area (TPSA) is 59.8 Å². The Hall–Kier alpha value is -2.10. The molecule has 0 fully saturated rings. The minimum Gasteiger partial charge on any atom is -0.545 e. The number of hydrogen-bond acceptors (Lipinski definition) is 2. The highest BCUT2D eigenvalue weighted by molar-refractivity contribution is 5.85. The number of benzene rings is 1. The van der Waals surface area contributed by atoms with Crippen molar-refractivity contribution in [1.29, 1.82) is 0 Å². The van der Waals surface area contributed by atoms with Crippen molar-refractivity contribution >= 4 is 5.97 Å². The number of H-pyrrole nitrogens is 1. The average molecular weight is 232 g/mol. The molecule has 2 rings (SSSR count). The monoisotopic (exact) mass is 232 g/mol. The van der Waals surface area contributed by atoms with Gasteiger partial charge in [0.1, 0.15) is 12.4 Å². The molecule has 0 unspecified atom stereocenters. The first-order chi connectivity index (χ1) is 8.15. The highest BCUT2D eigenvalue weighted by Gasteiger charge is 1.97. The molecule has 0 saturated carbocycles. The number of aryl methyl sites for hydroxylation is 2. The Morgan fingerprint density at radius 1 is 1.35 bits per heavy atom. The Bertz CT molecular complexity index is 463. The van der Waals surface area contributed by atoms with Crippen LogP contribution in [-0.2, 0) is 6.54 Å². The number of aromatic amines is 1. The van der Waals surface area contributed by atoms with Crippen molar-refractivity contribution < 1.29 is 14.5 Å². The number of carbonyl (C=O) groups excluding carboxylic acids is 1. The number of aromatic carboxylic acids is 1. The standard InChI is InChI=1S/C7H6O2.C6H10N2/c8-7(9)6-4-2-1-3-5-6;1-3-8-5-4-7-6(8)2/h1-5H,(H,8,9);4-5H,3H2,1-2H3. The zero-order valence-electron chi connectivity index (χ0n) is 10.0. The lowest BCUT2D eigenvalue weighted by Crippen LogP contribution is -2.32. The van der Waals surface area contributed by atoms with Crippen LogP contribution in [-0.4, -0.2) is 11.0 Å². The van der Waals surface area contributed by atoms with Crippen LogP contribution >= 0.6 is 0 Å².